The number of anilines is 1. The lowest BCUT2D eigenvalue weighted by molar-refractivity contribution is -0.142. The summed E-state index contributed by atoms with van der Waals surface area (Å²) >= 11 is 0. The lowest BCUT2D eigenvalue weighted by atomic mass is 9.93. The summed E-state index contributed by atoms with van der Waals surface area (Å²) in [6.45, 7) is 3.93. The molecule has 1 atom stereocenters. The van der Waals surface area contributed by atoms with Crippen molar-refractivity contribution in [1.29, 1.82) is 0 Å². The van der Waals surface area contributed by atoms with Crippen molar-refractivity contribution in [2.75, 3.05) is 25.7 Å². The Hall–Kier alpha value is -4.59. The maximum absolute atomic E-state index is 13.5. The third-order valence-electron chi connectivity index (χ3n) is 6.34. The molecule has 0 aliphatic carbocycles. The molecule has 1 heterocycles. The summed E-state index contributed by atoms with van der Waals surface area (Å²) in [4.78, 5) is 40.2. The molecule has 1 fully saturated rings. The van der Waals surface area contributed by atoms with Gasteiger partial charge in [0.2, 0.25) is 0 Å². The van der Waals surface area contributed by atoms with Gasteiger partial charge in [-0.1, -0.05) is 48.0 Å². The van der Waals surface area contributed by atoms with Gasteiger partial charge in [0, 0.05) is 5.69 Å². The van der Waals surface area contributed by atoms with E-state index in [9.17, 15) is 19.5 Å². The Morgan fingerprint density at radius 1 is 0.947 bits per heavy atom. The van der Waals surface area contributed by atoms with Crippen LogP contribution in [-0.2, 0) is 25.5 Å². The first kappa shape index (κ1) is 26.5. The summed E-state index contributed by atoms with van der Waals surface area (Å²) in [5, 5.41) is 11.6. The molecule has 8 heteroatoms. The molecule has 1 aliphatic rings. The van der Waals surface area contributed by atoms with Crippen molar-refractivity contribution in [3.63, 3.8) is 0 Å². The van der Waals surface area contributed by atoms with Crippen molar-refractivity contribution in [3.05, 3.63) is 94.6 Å². The number of rotatable bonds is 8. The molecule has 0 radical (unpaired) electrons. The lowest BCUT2D eigenvalue weighted by Gasteiger charge is -2.26. The lowest BCUT2D eigenvalue weighted by Crippen LogP contribution is -2.29. The Morgan fingerprint density at radius 3 is 2.16 bits per heavy atom. The second-order valence-corrected chi connectivity index (χ2v) is 8.77. The van der Waals surface area contributed by atoms with Gasteiger partial charge in [-0.05, 0) is 49.2 Å². The van der Waals surface area contributed by atoms with E-state index in [1.165, 1.54) is 19.1 Å². The van der Waals surface area contributed by atoms with E-state index < -0.39 is 23.5 Å². The minimum atomic E-state index is -0.916. The number of esters is 1. The van der Waals surface area contributed by atoms with Crippen LogP contribution in [0.15, 0.2) is 72.3 Å². The minimum Gasteiger partial charge on any atom is -0.506 e. The first-order valence-corrected chi connectivity index (χ1v) is 12.1. The van der Waals surface area contributed by atoms with E-state index in [1.54, 1.807) is 55.5 Å². The van der Waals surface area contributed by atoms with Gasteiger partial charge in [-0.15, -0.1) is 0 Å². The third kappa shape index (κ3) is 4.98. The van der Waals surface area contributed by atoms with Crippen molar-refractivity contribution in [2.45, 2.75) is 26.3 Å². The number of carbonyl (C=O) groups excluding carboxylic acids is 3. The number of hydrogen-bond donors (Lipinski definition) is 1. The molecule has 8 nitrogen and oxygen atoms in total. The Bertz CT molecular complexity index is 1390. The van der Waals surface area contributed by atoms with Gasteiger partial charge in [-0.25, -0.2) is 0 Å². The van der Waals surface area contributed by atoms with Gasteiger partial charge in [-0.3, -0.25) is 19.3 Å². The summed E-state index contributed by atoms with van der Waals surface area (Å²) in [7, 11) is 2.89. The number of nitrogens with zero attached hydrogens (tertiary/aromatic N) is 1. The van der Waals surface area contributed by atoms with Crippen LogP contribution in [-0.4, -0.2) is 43.6 Å². The molecule has 196 valence electrons. The average molecular weight is 516 g/mol. The summed E-state index contributed by atoms with van der Waals surface area (Å²) in [5.74, 6) is -1.79. The average Bonchev–Trinajstić information content (AvgIpc) is 3.18. The molecular formula is C30H29NO7. The number of aryl methyl sites for hydroxylation is 1. The number of carbonyl (C=O) groups is 3. The van der Waals surface area contributed by atoms with Crippen LogP contribution in [0.3, 0.4) is 0 Å². The number of Topliss-reactive ketones (excluding diaryl/α,β-unsaturated/α-hetero) is 1. The monoisotopic (exact) mass is 515 g/mol. The molecule has 1 unspecified atom stereocenters. The van der Waals surface area contributed by atoms with Crippen LogP contribution >= 0.6 is 0 Å². The smallest absolute Gasteiger partial charge is 0.310 e. The zero-order valence-electron chi connectivity index (χ0n) is 21.7. The van der Waals surface area contributed by atoms with Gasteiger partial charge in [0.15, 0.2) is 0 Å². The van der Waals surface area contributed by atoms with Crippen LogP contribution < -0.4 is 14.4 Å². The number of ketones is 1. The SMILES string of the molecule is CCOC(=O)Cc1ccc(N2C(=O)C(=O)/C(=C(/O)c3c(OC)cccc3OC)C2c2cccc(C)c2)cc1. The minimum absolute atomic E-state index is 0.0843. The number of ether oxygens (including phenoxy) is 3. The Balaban J connectivity index is 1.88. The zero-order valence-corrected chi connectivity index (χ0v) is 21.7. The molecule has 1 N–H and O–H groups in total. The normalized spacial score (nSPS) is 16.4. The number of amides is 1. The van der Waals surface area contributed by atoms with E-state index in [1.807, 2.05) is 25.1 Å². The highest BCUT2D eigenvalue weighted by molar-refractivity contribution is 6.51. The number of benzene rings is 3. The van der Waals surface area contributed by atoms with Crippen LogP contribution in [0.2, 0.25) is 0 Å². The maximum Gasteiger partial charge on any atom is 0.310 e. The third-order valence-corrected chi connectivity index (χ3v) is 6.34. The Kier molecular flexibility index (Phi) is 7.81. The molecule has 3 aromatic carbocycles. The fourth-order valence-electron chi connectivity index (χ4n) is 4.63. The molecule has 0 saturated carbocycles. The topological polar surface area (TPSA) is 102 Å². The molecule has 0 bridgehead atoms. The molecule has 0 aromatic heterocycles. The van der Waals surface area contributed by atoms with Gasteiger partial charge < -0.3 is 19.3 Å². The van der Waals surface area contributed by atoms with E-state index in [0.717, 1.165) is 5.56 Å². The molecule has 0 spiro atoms. The van der Waals surface area contributed by atoms with Crippen molar-refractivity contribution in [3.8, 4) is 11.5 Å². The molecule has 1 aliphatic heterocycles. The number of methoxy groups -OCH3 is 2. The number of aliphatic hydroxyl groups excluding tert-OH is 1. The number of hydrogen-bond acceptors (Lipinski definition) is 7. The number of aliphatic hydroxyl groups is 1. The molecule has 3 aromatic rings. The van der Waals surface area contributed by atoms with Gasteiger partial charge in [0.25, 0.3) is 11.7 Å². The maximum atomic E-state index is 13.5. The molecule has 38 heavy (non-hydrogen) atoms. The van der Waals surface area contributed by atoms with Gasteiger partial charge >= 0.3 is 5.97 Å². The van der Waals surface area contributed by atoms with Crippen molar-refractivity contribution >= 4 is 29.1 Å². The first-order chi connectivity index (χ1) is 18.3. The van der Waals surface area contributed by atoms with Gasteiger partial charge in [-0.2, -0.15) is 0 Å². The van der Waals surface area contributed by atoms with Gasteiger partial charge in [0.1, 0.15) is 22.8 Å². The van der Waals surface area contributed by atoms with Crippen LogP contribution in [0.4, 0.5) is 5.69 Å². The fraction of sp³-hybridized carbons (Fsp3) is 0.233. The predicted molar refractivity (Wildman–Crippen MR) is 142 cm³/mol. The summed E-state index contributed by atoms with van der Waals surface area (Å²) in [6.07, 6.45) is 0.0852. The quantitative estimate of drug-likeness (QED) is 0.200. The molecule has 1 amide bonds. The molecular weight excluding hydrogens is 486 g/mol. The van der Waals surface area contributed by atoms with Crippen LogP contribution in [0.5, 0.6) is 11.5 Å². The van der Waals surface area contributed by atoms with Crippen LogP contribution in [0, 0.1) is 6.92 Å². The predicted octanol–water partition coefficient (Wildman–Crippen LogP) is 4.74. The largest absolute Gasteiger partial charge is 0.506 e. The van der Waals surface area contributed by atoms with Crippen molar-refractivity contribution < 1.29 is 33.7 Å². The summed E-state index contributed by atoms with van der Waals surface area (Å²) < 4.78 is 15.9. The Morgan fingerprint density at radius 2 is 1.58 bits per heavy atom. The second kappa shape index (κ2) is 11.2. The standard InChI is InChI=1S/C30H29NO7/c1-5-38-24(32)17-19-12-14-21(15-13-19)31-27(20-9-6-8-18(2)16-20)26(29(34)30(31)35)28(33)25-22(36-3)10-7-11-23(25)37-4/h6-16,27,33H,5,17H2,1-4H3/b28-26+. The van der Waals surface area contributed by atoms with E-state index >= 15 is 0 Å². The summed E-state index contributed by atoms with van der Waals surface area (Å²) in [6, 6.07) is 18.2. The zero-order chi connectivity index (χ0) is 27.4. The second-order valence-electron chi connectivity index (χ2n) is 8.77. The highest BCUT2D eigenvalue weighted by Crippen LogP contribution is 2.45. The van der Waals surface area contributed by atoms with E-state index in [2.05, 4.69) is 0 Å². The van der Waals surface area contributed by atoms with E-state index in [4.69, 9.17) is 14.2 Å². The van der Waals surface area contributed by atoms with E-state index in [0.29, 0.717) is 28.3 Å². The van der Waals surface area contributed by atoms with Crippen LogP contribution in [0.1, 0.15) is 35.2 Å². The molecule has 4 rings (SSSR count). The van der Waals surface area contributed by atoms with Crippen molar-refractivity contribution in [1.82, 2.24) is 0 Å². The van der Waals surface area contributed by atoms with Crippen LogP contribution in [0.25, 0.3) is 5.76 Å². The molecule has 1 saturated heterocycles. The van der Waals surface area contributed by atoms with Gasteiger partial charge in [0.05, 0.1) is 38.9 Å². The Labute approximate surface area is 221 Å². The fourth-order valence-corrected chi connectivity index (χ4v) is 4.63. The highest BCUT2D eigenvalue weighted by Gasteiger charge is 2.47. The highest BCUT2D eigenvalue weighted by atomic mass is 16.5. The summed E-state index contributed by atoms with van der Waals surface area (Å²) in [5.41, 5.74) is 2.81. The van der Waals surface area contributed by atoms with E-state index in [-0.39, 0.29) is 30.1 Å². The van der Waals surface area contributed by atoms with Crippen molar-refractivity contribution in [2.24, 2.45) is 0 Å². The first-order valence-electron chi connectivity index (χ1n) is 12.1.